The average Bonchev–Trinajstić information content (AvgIpc) is 3.14. The van der Waals surface area contributed by atoms with E-state index in [-0.39, 0.29) is 0 Å². The van der Waals surface area contributed by atoms with Crippen molar-refractivity contribution in [3.8, 4) is 5.69 Å². The van der Waals surface area contributed by atoms with Crippen LogP contribution >= 0.6 is 27.3 Å². The maximum absolute atomic E-state index is 4.41. The molecule has 0 spiro atoms. The maximum atomic E-state index is 4.41. The van der Waals surface area contributed by atoms with Crippen LogP contribution in [-0.4, -0.2) is 16.3 Å². The van der Waals surface area contributed by atoms with Crippen molar-refractivity contribution < 1.29 is 0 Å². The van der Waals surface area contributed by atoms with E-state index in [4.69, 9.17) is 0 Å². The standard InChI is InChI=1S/C16H16BrN3S/c17-14-8-16(21-12-14)10-18-7-6-13-9-19-20(11-13)15-4-2-1-3-5-15/h1-5,8-9,11-12,18H,6-7,10H2. The smallest absolute Gasteiger partial charge is 0.0645 e. The van der Waals surface area contributed by atoms with Gasteiger partial charge >= 0.3 is 0 Å². The van der Waals surface area contributed by atoms with E-state index in [1.165, 1.54) is 10.4 Å². The number of aromatic nitrogens is 2. The number of hydrogen-bond acceptors (Lipinski definition) is 3. The van der Waals surface area contributed by atoms with Gasteiger partial charge in [-0.15, -0.1) is 11.3 Å². The van der Waals surface area contributed by atoms with Gasteiger partial charge in [-0.2, -0.15) is 5.10 Å². The number of hydrogen-bond donors (Lipinski definition) is 1. The molecule has 3 nitrogen and oxygen atoms in total. The molecule has 0 amide bonds. The Morgan fingerprint density at radius 3 is 2.86 bits per heavy atom. The third-order valence-electron chi connectivity index (χ3n) is 3.17. The maximum Gasteiger partial charge on any atom is 0.0645 e. The number of thiophene rings is 1. The van der Waals surface area contributed by atoms with E-state index in [1.807, 2.05) is 29.1 Å². The highest BCUT2D eigenvalue weighted by Gasteiger charge is 2.01. The molecule has 1 aromatic carbocycles. The molecule has 5 heteroatoms. The van der Waals surface area contributed by atoms with Crippen LogP contribution in [0.4, 0.5) is 0 Å². The Hall–Kier alpha value is -1.43. The van der Waals surface area contributed by atoms with E-state index in [9.17, 15) is 0 Å². The van der Waals surface area contributed by atoms with Crippen molar-refractivity contribution in [2.75, 3.05) is 6.54 Å². The largest absolute Gasteiger partial charge is 0.312 e. The number of rotatable bonds is 6. The first-order chi connectivity index (χ1) is 10.3. The van der Waals surface area contributed by atoms with Gasteiger partial charge in [0.2, 0.25) is 0 Å². The van der Waals surface area contributed by atoms with Crippen molar-refractivity contribution in [1.29, 1.82) is 0 Å². The first-order valence-corrected chi connectivity index (χ1v) is 8.51. The minimum absolute atomic E-state index is 0.920. The van der Waals surface area contributed by atoms with Gasteiger partial charge in [0, 0.05) is 27.5 Å². The Morgan fingerprint density at radius 1 is 1.24 bits per heavy atom. The van der Waals surface area contributed by atoms with Crippen LogP contribution in [-0.2, 0) is 13.0 Å². The fraction of sp³-hybridized carbons (Fsp3) is 0.188. The molecular formula is C16H16BrN3S. The molecule has 1 N–H and O–H groups in total. The van der Waals surface area contributed by atoms with Crippen molar-refractivity contribution in [1.82, 2.24) is 15.1 Å². The average molecular weight is 362 g/mol. The van der Waals surface area contributed by atoms with Crippen molar-refractivity contribution in [3.05, 3.63) is 69.1 Å². The van der Waals surface area contributed by atoms with Gasteiger partial charge in [0.15, 0.2) is 0 Å². The van der Waals surface area contributed by atoms with Crippen molar-refractivity contribution in [2.45, 2.75) is 13.0 Å². The summed E-state index contributed by atoms with van der Waals surface area (Å²) in [7, 11) is 0. The van der Waals surface area contributed by atoms with Crippen LogP contribution in [0.3, 0.4) is 0 Å². The van der Waals surface area contributed by atoms with E-state index in [0.29, 0.717) is 0 Å². The third kappa shape index (κ3) is 4.03. The summed E-state index contributed by atoms with van der Waals surface area (Å²) in [6, 6.07) is 12.3. The van der Waals surface area contributed by atoms with Gasteiger partial charge in [-0.1, -0.05) is 18.2 Å². The summed E-state index contributed by atoms with van der Waals surface area (Å²) in [4.78, 5) is 1.35. The Bertz CT molecular complexity index is 690. The van der Waals surface area contributed by atoms with Crippen LogP contribution < -0.4 is 5.32 Å². The molecule has 21 heavy (non-hydrogen) atoms. The number of nitrogens with zero attached hydrogens (tertiary/aromatic N) is 2. The van der Waals surface area contributed by atoms with Gasteiger partial charge in [-0.3, -0.25) is 0 Å². The van der Waals surface area contributed by atoms with Crippen LogP contribution in [0.5, 0.6) is 0 Å². The lowest BCUT2D eigenvalue weighted by molar-refractivity contribution is 0.693. The fourth-order valence-corrected chi connectivity index (χ4v) is 3.52. The summed E-state index contributed by atoms with van der Waals surface area (Å²) >= 11 is 5.25. The predicted molar refractivity (Wildman–Crippen MR) is 91.0 cm³/mol. The highest BCUT2D eigenvalue weighted by Crippen LogP contribution is 2.19. The zero-order valence-electron chi connectivity index (χ0n) is 11.5. The second-order valence-electron chi connectivity index (χ2n) is 4.79. The third-order valence-corrected chi connectivity index (χ3v) is 4.87. The highest BCUT2D eigenvalue weighted by atomic mass is 79.9. The molecule has 0 saturated heterocycles. The predicted octanol–water partition coefficient (Wildman–Crippen LogP) is 4.03. The molecule has 0 aliphatic heterocycles. The number of para-hydroxylation sites is 1. The van der Waals surface area contributed by atoms with E-state index < -0.39 is 0 Å². The summed E-state index contributed by atoms with van der Waals surface area (Å²) < 4.78 is 3.08. The SMILES string of the molecule is Brc1csc(CNCCc2cnn(-c3ccccc3)c2)c1. The van der Waals surface area contributed by atoms with Gasteiger partial charge < -0.3 is 5.32 Å². The Balaban J connectivity index is 1.49. The van der Waals surface area contributed by atoms with E-state index in [1.54, 1.807) is 11.3 Å². The minimum Gasteiger partial charge on any atom is -0.312 e. The fourth-order valence-electron chi connectivity index (χ4n) is 2.10. The number of benzene rings is 1. The van der Waals surface area contributed by atoms with Crippen LogP contribution in [0.25, 0.3) is 5.69 Å². The molecule has 2 heterocycles. The second kappa shape index (κ2) is 7.02. The van der Waals surface area contributed by atoms with Gasteiger partial charge in [0.1, 0.15) is 0 Å². The summed E-state index contributed by atoms with van der Waals surface area (Å²) in [6.45, 7) is 1.87. The van der Waals surface area contributed by atoms with Crippen molar-refractivity contribution in [3.63, 3.8) is 0 Å². The second-order valence-corrected chi connectivity index (χ2v) is 6.70. The summed E-state index contributed by atoms with van der Waals surface area (Å²) in [5, 5.41) is 9.99. The Morgan fingerprint density at radius 2 is 2.10 bits per heavy atom. The molecule has 0 atom stereocenters. The van der Waals surface area contributed by atoms with Gasteiger partial charge in [-0.05, 0) is 52.7 Å². The van der Waals surface area contributed by atoms with Crippen LogP contribution in [0, 0.1) is 0 Å². The number of nitrogens with one attached hydrogen (secondary N) is 1. The molecule has 0 unspecified atom stereocenters. The lowest BCUT2D eigenvalue weighted by Gasteiger charge is -2.01. The first-order valence-electron chi connectivity index (χ1n) is 6.84. The van der Waals surface area contributed by atoms with Crippen molar-refractivity contribution >= 4 is 27.3 Å². The zero-order valence-corrected chi connectivity index (χ0v) is 13.9. The molecule has 3 aromatic rings. The molecule has 0 radical (unpaired) electrons. The van der Waals surface area contributed by atoms with E-state index >= 15 is 0 Å². The van der Waals surface area contributed by atoms with Crippen LogP contribution in [0.15, 0.2) is 58.6 Å². The normalized spacial score (nSPS) is 10.9. The Kier molecular flexibility index (Phi) is 4.85. The first kappa shape index (κ1) is 14.5. The zero-order chi connectivity index (χ0) is 14.5. The lowest BCUT2D eigenvalue weighted by atomic mass is 10.2. The topological polar surface area (TPSA) is 29.9 Å². The van der Waals surface area contributed by atoms with E-state index in [0.717, 1.165) is 29.7 Å². The Labute approximate surface area is 136 Å². The number of halogens is 1. The molecule has 0 bridgehead atoms. The molecule has 108 valence electrons. The minimum atomic E-state index is 0.920. The van der Waals surface area contributed by atoms with Gasteiger partial charge in [-0.25, -0.2) is 4.68 Å². The molecular weight excluding hydrogens is 346 g/mol. The molecule has 0 fully saturated rings. The van der Waals surface area contributed by atoms with Crippen molar-refractivity contribution in [2.24, 2.45) is 0 Å². The molecule has 0 saturated carbocycles. The van der Waals surface area contributed by atoms with Gasteiger partial charge in [0.05, 0.1) is 11.9 Å². The summed E-state index contributed by atoms with van der Waals surface area (Å²) in [5.41, 5.74) is 2.35. The quantitative estimate of drug-likeness (QED) is 0.671. The van der Waals surface area contributed by atoms with E-state index in [2.05, 4.69) is 56.1 Å². The van der Waals surface area contributed by atoms with Crippen LogP contribution in [0.2, 0.25) is 0 Å². The summed E-state index contributed by atoms with van der Waals surface area (Å²) in [5.74, 6) is 0. The lowest BCUT2D eigenvalue weighted by Crippen LogP contribution is -2.15. The highest BCUT2D eigenvalue weighted by molar-refractivity contribution is 9.10. The summed E-state index contributed by atoms with van der Waals surface area (Å²) in [6.07, 6.45) is 5.02. The molecule has 0 aliphatic rings. The monoisotopic (exact) mass is 361 g/mol. The molecule has 3 rings (SSSR count). The van der Waals surface area contributed by atoms with Gasteiger partial charge in [0.25, 0.3) is 0 Å². The van der Waals surface area contributed by atoms with Crippen LogP contribution in [0.1, 0.15) is 10.4 Å². The molecule has 2 aromatic heterocycles. The molecule has 0 aliphatic carbocycles.